The van der Waals surface area contributed by atoms with Crippen LogP contribution in [0.3, 0.4) is 0 Å². The first-order chi connectivity index (χ1) is 18.1. The van der Waals surface area contributed by atoms with Gasteiger partial charge in [-0.15, -0.1) is 0 Å². The molecule has 210 valence electrons. The van der Waals surface area contributed by atoms with Crippen molar-refractivity contribution in [2.24, 2.45) is 0 Å². The normalized spacial score (nSPS) is 11.9. The van der Waals surface area contributed by atoms with Gasteiger partial charge in [0.25, 0.3) is 0 Å². The third kappa shape index (κ3) is 9.24. The van der Waals surface area contributed by atoms with E-state index in [4.69, 9.17) is 9.47 Å². The minimum atomic E-state index is -3.57. The summed E-state index contributed by atoms with van der Waals surface area (Å²) < 4.78 is 36.7. The molecule has 0 fully saturated rings. The van der Waals surface area contributed by atoms with Gasteiger partial charge in [0, 0.05) is 26.1 Å². The lowest BCUT2D eigenvalue weighted by Crippen LogP contribution is -2.49. The molecule has 1 N–H and O–H groups in total. The summed E-state index contributed by atoms with van der Waals surface area (Å²) in [6.07, 6.45) is 3.81. The zero-order chi connectivity index (χ0) is 28.1. The molecule has 0 saturated carbocycles. The van der Waals surface area contributed by atoms with Gasteiger partial charge in [-0.05, 0) is 61.2 Å². The summed E-state index contributed by atoms with van der Waals surface area (Å²) in [6.45, 7) is 4.88. The van der Waals surface area contributed by atoms with Crippen LogP contribution in [0.5, 0.6) is 11.5 Å². The molecule has 1 atom stereocenters. The maximum atomic E-state index is 13.5. The number of hydrogen-bond acceptors (Lipinski definition) is 6. The zero-order valence-electron chi connectivity index (χ0n) is 23.1. The van der Waals surface area contributed by atoms with Crippen LogP contribution in [0.25, 0.3) is 0 Å². The molecule has 0 aliphatic carbocycles. The fraction of sp³-hybridized carbons (Fsp3) is 0.500. The van der Waals surface area contributed by atoms with Crippen molar-refractivity contribution in [1.82, 2.24) is 10.2 Å². The van der Waals surface area contributed by atoms with Gasteiger partial charge >= 0.3 is 0 Å². The number of hydrogen-bond donors (Lipinski definition) is 1. The van der Waals surface area contributed by atoms with Gasteiger partial charge in [-0.25, -0.2) is 8.42 Å². The van der Waals surface area contributed by atoms with Crippen molar-refractivity contribution in [1.29, 1.82) is 0 Å². The molecule has 2 rings (SSSR count). The van der Waals surface area contributed by atoms with E-state index in [1.54, 1.807) is 43.4 Å². The van der Waals surface area contributed by atoms with Gasteiger partial charge in [0.2, 0.25) is 21.8 Å². The summed E-state index contributed by atoms with van der Waals surface area (Å²) in [5.74, 6) is 0.935. The summed E-state index contributed by atoms with van der Waals surface area (Å²) >= 11 is 0. The Balaban J connectivity index is 2.19. The molecule has 2 aromatic rings. The SMILES string of the molecule is CCCCNC(=O)[C@@H](CC)N(Cc1ccc(OC)cc1)C(=O)CCCN(c1ccc(OC)cc1)S(C)(=O)=O. The molecule has 0 heterocycles. The van der Waals surface area contributed by atoms with Crippen LogP contribution in [0.2, 0.25) is 0 Å². The molecule has 2 aromatic carbocycles. The van der Waals surface area contributed by atoms with Gasteiger partial charge in [-0.3, -0.25) is 13.9 Å². The fourth-order valence-corrected chi connectivity index (χ4v) is 5.07. The molecule has 0 saturated heterocycles. The third-order valence-electron chi connectivity index (χ3n) is 6.24. The molecule has 0 aliphatic heterocycles. The fourth-order valence-electron chi connectivity index (χ4n) is 4.11. The van der Waals surface area contributed by atoms with E-state index in [-0.39, 0.29) is 31.3 Å². The number of methoxy groups -OCH3 is 2. The van der Waals surface area contributed by atoms with Crippen molar-refractivity contribution in [2.75, 3.05) is 37.9 Å². The second-order valence-corrected chi connectivity index (χ2v) is 11.0. The van der Waals surface area contributed by atoms with Crippen LogP contribution in [0, 0.1) is 0 Å². The Morgan fingerprint density at radius 2 is 1.50 bits per heavy atom. The predicted molar refractivity (Wildman–Crippen MR) is 150 cm³/mol. The Bertz CT molecular complexity index is 1120. The Morgan fingerprint density at radius 1 is 0.921 bits per heavy atom. The summed E-state index contributed by atoms with van der Waals surface area (Å²) in [5.41, 5.74) is 1.37. The maximum absolute atomic E-state index is 13.5. The molecule has 0 spiro atoms. The first-order valence-corrected chi connectivity index (χ1v) is 14.8. The number of benzene rings is 2. The zero-order valence-corrected chi connectivity index (χ0v) is 23.9. The smallest absolute Gasteiger partial charge is 0.242 e. The van der Waals surface area contributed by atoms with Crippen LogP contribution >= 0.6 is 0 Å². The van der Waals surface area contributed by atoms with E-state index in [9.17, 15) is 18.0 Å². The van der Waals surface area contributed by atoms with Gasteiger partial charge in [0.1, 0.15) is 17.5 Å². The van der Waals surface area contributed by atoms with Crippen molar-refractivity contribution >= 4 is 27.5 Å². The van der Waals surface area contributed by atoms with Crippen LogP contribution in [-0.2, 0) is 26.2 Å². The molecule has 0 unspecified atom stereocenters. The lowest BCUT2D eigenvalue weighted by molar-refractivity contribution is -0.141. The van der Waals surface area contributed by atoms with Crippen molar-refractivity contribution in [2.45, 2.75) is 58.5 Å². The molecule has 0 radical (unpaired) electrons. The van der Waals surface area contributed by atoms with E-state index >= 15 is 0 Å². The topological polar surface area (TPSA) is 105 Å². The number of rotatable bonds is 16. The second kappa shape index (κ2) is 15.2. The average molecular weight is 548 g/mol. The van der Waals surface area contributed by atoms with E-state index in [0.29, 0.717) is 36.6 Å². The summed E-state index contributed by atoms with van der Waals surface area (Å²) in [5, 5.41) is 2.95. The number of nitrogens with zero attached hydrogens (tertiary/aromatic N) is 2. The highest BCUT2D eigenvalue weighted by Crippen LogP contribution is 2.23. The van der Waals surface area contributed by atoms with E-state index in [1.807, 2.05) is 31.2 Å². The monoisotopic (exact) mass is 547 g/mol. The highest BCUT2D eigenvalue weighted by Gasteiger charge is 2.28. The van der Waals surface area contributed by atoms with Crippen molar-refractivity contribution in [3.8, 4) is 11.5 Å². The molecular weight excluding hydrogens is 506 g/mol. The Kier molecular flexibility index (Phi) is 12.4. The van der Waals surface area contributed by atoms with Crippen molar-refractivity contribution in [3.05, 3.63) is 54.1 Å². The van der Waals surface area contributed by atoms with Crippen LogP contribution in [0.15, 0.2) is 48.5 Å². The number of nitrogens with one attached hydrogen (secondary N) is 1. The highest BCUT2D eigenvalue weighted by molar-refractivity contribution is 7.92. The molecule has 9 nitrogen and oxygen atoms in total. The molecule has 38 heavy (non-hydrogen) atoms. The van der Waals surface area contributed by atoms with Crippen LogP contribution in [0.4, 0.5) is 5.69 Å². The summed E-state index contributed by atoms with van der Waals surface area (Å²) in [4.78, 5) is 28.1. The van der Waals surface area contributed by atoms with Gasteiger partial charge in [0.15, 0.2) is 0 Å². The second-order valence-electron chi connectivity index (χ2n) is 9.08. The van der Waals surface area contributed by atoms with Crippen molar-refractivity contribution in [3.63, 3.8) is 0 Å². The quantitative estimate of drug-likeness (QED) is 0.319. The minimum absolute atomic E-state index is 0.0943. The number of sulfonamides is 1. The van der Waals surface area contributed by atoms with Crippen LogP contribution < -0.4 is 19.1 Å². The van der Waals surface area contributed by atoms with Gasteiger partial charge in [-0.2, -0.15) is 0 Å². The molecule has 0 bridgehead atoms. The molecule has 10 heteroatoms. The van der Waals surface area contributed by atoms with Crippen LogP contribution in [0.1, 0.15) is 51.5 Å². The van der Waals surface area contributed by atoms with Gasteiger partial charge in [-0.1, -0.05) is 32.4 Å². The number of unbranched alkanes of at least 4 members (excludes halogenated alkanes) is 1. The number of amides is 2. The number of ether oxygens (including phenoxy) is 2. The molecule has 2 amide bonds. The van der Waals surface area contributed by atoms with E-state index < -0.39 is 16.1 Å². The first-order valence-electron chi connectivity index (χ1n) is 13.0. The Morgan fingerprint density at radius 3 is 2.00 bits per heavy atom. The lowest BCUT2D eigenvalue weighted by atomic mass is 10.1. The first kappa shape index (κ1) is 31.0. The molecule has 0 aromatic heterocycles. The maximum Gasteiger partial charge on any atom is 0.242 e. The van der Waals surface area contributed by atoms with E-state index in [1.165, 1.54) is 4.31 Å². The number of carbonyl (C=O) groups is 2. The Labute approximate surface area is 227 Å². The standard InChI is InChI=1S/C28H41N3O6S/c1-6-8-19-29-28(33)26(7-2)30(21-22-11-15-24(36-3)16-12-22)27(32)10-9-20-31(38(5,34)35)23-13-17-25(37-4)18-14-23/h11-18,26H,6-10,19-21H2,1-5H3,(H,29,33)/t26-/m1/s1. The number of anilines is 1. The minimum Gasteiger partial charge on any atom is -0.497 e. The van der Waals surface area contributed by atoms with E-state index in [0.717, 1.165) is 24.7 Å². The predicted octanol–water partition coefficient (Wildman–Crippen LogP) is 3.97. The molecule has 0 aliphatic rings. The van der Waals surface area contributed by atoms with Crippen molar-refractivity contribution < 1.29 is 27.5 Å². The van der Waals surface area contributed by atoms with Crippen LogP contribution in [-0.4, -0.2) is 64.7 Å². The lowest BCUT2D eigenvalue weighted by Gasteiger charge is -2.31. The third-order valence-corrected chi connectivity index (χ3v) is 7.43. The Hall–Kier alpha value is -3.27. The molecular formula is C28H41N3O6S. The van der Waals surface area contributed by atoms with Gasteiger partial charge in [0.05, 0.1) is 26.2 Å². The van der Waals surface area contributed by atoms with Gasteiger partial charge < -0.3 is 19.7 Å². The largest absolute Gasteiger partial charge is 0.497 e. The highest BCUT2D eigenvalue weighted by atomic mass is 32.2. The van der Waals surface area contributed by atoms with E-state index in [2.05, 4.69) is 12.2 Å². The number of carbonyl (C=O) groups excluding carboxylic acids is 2. The summed E-state index contributed by atoms with van der Waals surface area (Å²) in [7, 11) is -0.437. The summed E-state index contributed by atoms with van der Waals surface area (Å²) in [6, 6.07) is 13.5. The average Bonchev–Trinajstić information content (AvgIpc) is 2.90.